The summed E-state index contributed by atoms with van der Waals surface area (Å²) in [4.78, 5) is 0. The van der Waals surface area contributed by atoms with E-state index < -0.39 is 0 Å². The van der Waals surface area contributed by atoms with E-state index >= 15 is 0 Å². The highest BCUT2D eigenvalue weighted by atomic mass is 32.2. The molecule has 0 aliphatic rings. The molecule has 2 aromatic rings. The summed E-state index contributed by atoms with van der Waals surface area (Å²) in [6.07, 6.45) is 4.27. The molecule has 0 atom stereocenters. The molecule has 0 aliphatic carbocycles. The first kappa shape index (κ1) is 13.1. The molecule has 0 spiro atoms. The number of thiocarbonyl (C=S) groups is 1. The summed E-state index contributed by atoms with van der Waals surface area (Å²) >= 11 is 7.07. The standard InChI is InChI=1S/C16H14S2/c17-16(15-11-5-2-6-12-15)18-13-7-10-14-8-3-1-4-9-14/h1-12H,13H2/b10-7+. The first-order valence-corrected chi connectivity index (χ1v) is 7.19. The van der Waals surface area contributed by atoms with Crippen molar-refractivity contribution in [3.05, 3.63) is 77.9 Å². The molecule has 0 N–H and O–H groups in total. The van der Waals surface area contributed by atoms with E-state index in [9.17, 15) is 0 Å². The van der Waals surface area contributed by atoms with Crippen LogP contribution in [0.15, 0.2) is 66.7 Å². The van der Waals surface area contributed by atoms with Gasteiger partial charge in [0.1, 0.15) is 0 Å². The fourth-order valence-corrected chi connectivity index (χ4v) is 2.52. The molecule has 2 heteroatoms. The third kappa shape index (κ3) is 4.13. The molecule has 0 nitrogen and oxygen atoms in total. The average Bonchev–Trinajstić information content (AvgIpc) is 2.45. The van der Waals surface area contributed by atoms with Gasteiger partial charge in [0.15, 0.2) is 0 Å². The fourth-order valence-electron chi connectivity index (χ4n) is 1.53. The normalized spacial score (nSPS) is 10.7. The number of rotatable bonds is 4. The Bertz CT molecular complexity index is 515. The highest BCUT2D eigenvalue weighted by Crippen LogP contribution is 2.14. The van der Waals surface area contributed by atoms with Crippen molar-refractivity contribution in [1.82, 2.24) is 0 Å². The Balaban J connectivity index is 1.83. The monoisotopic (exact) mass is 270 g/mol. The second kappa shape index (κ2) is 7.14. The van der Waals surface area contributed by atoms with Crippen molar-refractivity contribution in [3.63, 3.8) is 0 Å². The van der Waals surface area contributed by atoms with Crippen molar-refractivity contribution in [2.24, 2.45) is 0 Å². The minimum absolute atomic E-state index is 0.905. The van der Waals surface area contributed by atoms with Gasteiger partial charge in [0.05, 0.1) is 4.20 Å². The van der Waals surface area contributed by atoms with Crippen molar-refractivity contribution in [3.8, 4) is 0 Å². The Morgan fingerprint density at radius 2 is 1.56 bits per heavy atom. The maximum absolute atomic E-state index is 5.38. The molecular weight excluding hydrogens is 256 g/mol. The van der Waals surface area contributed by atoms with Crippen molar-refractivity contribution in [2.75, 3.05) is 5.75 Å². The summed E-state index contributed by atoms with van der Waals surface area (Å²) in [5.74, 6) is 0.905. The third-order valence-electron chi connectivity index (χ3n) is 2.43. The van der Waals surface area contributed by atoms with E-state index in [2.05, 4.69) is 36.4 Å². The van der Waals surface area contributed by atoms with Gasteiger partial charge in [0.2, 0.25) is 0 Å². The van der Waals surface area contributed by atoms with Crippen LogP contribution in [-0.2, 0) is 0 Å². The Kier molecular flexibility index (Phi) is 5.18. The molecule has 2 rings (SSSR count). The van der Waals surface area contributed by atoms with E-state index in [0.29, 0.717) is 0 Å². The molecule has 0 amide bonds. The molecule has 2 aromatic carbocycles. The maximum atomic E-state index is 5.38. The lowest BCUT2D eigenvalue weighted by Crippen LogP contribution is -1.91. The summed E-state index contributed by atoms with van der Waals surface area (Å²) in [6, 6.07) is 20.4. The second-order valence-corrected chi connectivity index (χ2v) is 5.47. The van der Waals surface area contributed by atoms with E-state index in [0.717, 1.165) is 15.5 Å². The summed E-state index contributed by atoms with van der Waals surface area (Å²) in [5, 5.41) is 0. The molecular formula is C16H14S2. The molecule has 0 fully saturated rings. The van der Waals surface area contributed by atoms with Gasteiger partial charge >= 0.3 is 0 Å². The van der Waals surface area contributed by atoms with Gasteiger partial charge in [-0.25, -0.2) is 0 Å². The topological polar surface area (TPSA) is 0 Å². The predicted molar refractivity (Wildman–Crippen MR) is 86.1 cm³/mol. The van der Waals surface area contributed by atoms with Gasteiger partial charge in [-0.05, 0) is 11.1 Å². The van der Waals surface area contributed by atoms with E-state index in [1.807, 2.05) is 36.4 Å². The predicted octanol–water partition coefficient (Wildman–Crippen LogP) is 4.81. The first-order valence-electron chi connectivity index (χ1n) is 5.80. The Labute approximate surface area is 118 Å². The second-order valence-electron chi connectivity index (χ2n) is 3.78. The van der Waals surface area contributed by atoms with Crippen LogP contribution in [0.1, 0.15) is 11.1 Å². The minimum atomic E-state index is 0.905. The van der Waals surface area contributed by atoms with E-state index in [4.69, 9.17) is 12.2 Å². The lowest BCUT2D eigenvalue weighted by atomic mass is 10.2. The van der Waals surface area contributed by atoms with Gasteiger partial charge in [0, 0.05) is 5.75 Å². The highest BCUT2D eigenvalue weighted by molar-refractivity contribution is 8.23. The van der Waals surface area contributed by atoms with Gasteiger partial charge in [-0.2, -0.15) is 0 Å². The molecule has 0 saturated carbocycles. The van der Waals surface area contributed by atoms with Gasteiger partial charge in [-0.1, -0.05) is 85.0 Å². The zero-order valence-corrected chi connectivity index (χ0v) is 11.6. The number of hydrogen-bond donors (Lipinski definition) is 0. The van der Waals surface area contributed by atoms with Crippen LogP contribution in [-0.4, -0.2) is 9.95 Å². The molecule has 18 heavy (non-hydrogen) atoms. The van der Waals surface area contributed by atoms with Gasteiger partial charge in [-0.3, -0.25) is 0 Å². The molecule has 0 saturated heterocycles. The molecule has 0 unspecified atom stereocenters. The van der Waals surface area contributed by atoms with Crippen molar-refractivity contribution in [2.45, 2.75) is 0 Å². The molecule has 0 aliphatic heterocycles. The van der Waals surface area contributed by atoms with Crippen molar-refractivity contribution in [1.29, 1.82) is 0 Å². The number of thioether (sulfide) groups is 1. The zero-order chi connectivity index (χ0) is 12.6. The molecule has 90 valence electrons. The van der Waals surface area contributed by atoms with Crippen LogP contribution in [0.3, 0.4) is 0 Å². The van der Waals surface area contributed by atoms with E-state index in [-0.39, 0.29) is 0 Å². The van der Waals surface area contributed by atoms with Gasteiger partial charge < -0.3 is 0 Å². The van der Waals surface area contributed by atoms with Crippen LogP contribution in [0.2, 0.25) is 0 Å². The van der Waals surface area contributed by atoms with Crippen LogP contribution < -0.4 is 0 Å². The Hall–Kier alpha value is -1.38. The molecule has 0 bridgehead atoms. The highest BCUT2D eigenvalue weighted by Gasteiger charge is 1.98. The van der Waals surface area contributed by atoms with Crippen LogP contribution in [0.4, 0.5) is 0 Å². The number of hydrogen-bond acceptors (Lipinski definition) is 2. The molecule has 0 radical (unpaired) electrons. The smallest absolute Gasteiger partial charge is 0.0781 e. The maximum Gasteiger partial charge on any atom is 0.0781 e. The van der Waals surface area contributed by atoms with Crippen LogP contribution >= 0.6 is 24.0 Å². The first-order chi connectivity index (χ1) is 8.86. The van der Waals surface area contributed by atoms with Gasteiger partial charge in [0.25, 0.3) is 0 Å². The lowest BCUT2D eigenvalue weighted by molar-refractivity contribution is 1.65. The Morgan fingerprint density at radius 1 is 0.944 bits per heavy atom. The van der Waals surface area contributed by atoms with Crippen LogP contribution in [0.5, 0.6) is 0 Å². The average molecular weight is 270 g/mol. The lowest BCUT2D eigenvalue weighted by Gasteiger charge is -2.00. The van der Waals surface area contributed by atoms with Crippen LogP contribution in [0, 0.1) is 0 Å². The minimum Gasteiger partial charge on any atom is -0.110 e. The summed E-state index contributed by atoms with van der Waals surface area (Å²) in [7, 11) is 0. The van der Waals surface area contributed by atoms with Crippen molar-refractivity contribution >= 4 is 34.3 Å². The Morgan fingerprint density at radius 3 is 2.22 bits per heavy atom. The van der Waals surface area contributed by atoms with Gasteiger partial charge in [-0.15, -0.1) is 11.8 Å². The molecule has 0 heterocycles. The SMILES string of the molecule is S=C(SC/C=C/c1ccccc1)c1ccccc1. The third-order valence-corrected chi connectivity index (χ3v) is 3.88. The van der Waals surface area contributed by atoms with Crippen molar-refractivity contribution < 1.29 is 0 Å². The number of benzene rings is 2. The quantitative estimate of drug-likeness (QED) is 0.731. The fraction of sp³-hybridized carbons (Fsp3) is 0.0625. The zero-order valence-electron chi connectivity index (χ0n) is 9.95. The largest absolute Gasteiger partial charge is 0.110 e. The van der Waals surface area contributed by atoms with E-state index in [1.165, 1.54) is 5.56 Å². The summed E-state index contributed by atoms with van der Waals surface area (Å²) in [6.45, 7) is 0. The van der Waals surface area contributed by atoms with Crippen LogP contribution in [0.25, 0.3) is 6.08 Å². The van der Waals surface area contributed by atoms with E-state index in [1.54, 1.807) is 11.8 Å². The summed E-state index contributed by atoms with van der Waals surface area (Å²) in [5.41, 5.74) is 2.36. The summed E-state index contributed by atoms with van der Waals surface area (Å²) < 4.78 is 0.952. The molecule has 0 aromatic heterocycles.